The van der Waals surface area contributed by atoms with Gasteiger partial charge in [-0.05, 0) is 45.1 Å². The van der Waals surface area contributed by atoms with E-state index in [1.54, 1.807) is 0 Å². The van der Waals surface area contributed by atoms with Gasteiger partial charge in [0.2, 0.25) is 17.7 Å². The molecule has 0 saturated heterocycles. The molecule has 0 spiro atoms. The van der Waals surface area contributed by atoms with Crippen LogP contribution in [0.1, 0.15) is 44.9 Å². The van der Waals surface area contributed by atoms with E-state index in [4.69, 9.17) is 33.1 Å². The summed E-state index contributed by atoms with van der Waals surface area (Å²) >= 11 is 0. The fraction of sp³-hybridized carbons (Fsp3) is 0.684. The average Bonchev–Trinajstić information content (AvgIpc) is 2.76. The van der Waals surface area contributed by atoms with Crippen molar-refractivity contribution < 1.29 is 34.2 Å². The summed E-state index contributed by atoms with van der Waals surface area (Å²) in [4.78, 5) is 62.9. The van der Waals surface area contributed by atoms with Crippen LogP contribution in [0.25, 0.3) is 0 Å². The van der Waals surface area contributed by atoms with E-state index in [2.05, 4.69) is 20.9 Å². The molecule has 0 radical (unpaired) electrons. The van der Waals surface area contributed by atoms with Gasteiger partial charge in [-0.3, -0.25) is 29.0 Å². The lowest BCUT2D eigenvalue weighted by Gasteiger charge is -2.24. The summed E-state index contributed by atoms with van der Waals surface area (Å²) in [6.07, 6.45) is 1.18. The molecule has 15 heteroatoms. The van der Waals surface area contributed by atoms with Crippen LogP contribution in [-0.2, 0) is 24.0 Å². The van der Waals surface area contributed by atoms with E-state index in [0.29, 0.717) is 25.8 Å². The minimum atomic E-state index is -1.25. The number of amides is 3. The van der Waals surface area contributed by atoms with Crippen LogP contribution in [0.2, 0.25) is 0 Å². The molecule has 0 aromatic heterocycles. The molecule has 0 aliphatic rings. The van der Waals surface area contributed by atoms with Crippen LogP contribution in [0.4, 0.5) is 0 Å². The summed E-state index contributed by atoms with van der Waals surface area (Å²) in [5, 5.41) is 24.7. The smallest absolute Gasteiger partial charge is 0.322 e. The molecule has 0 aliphatic carbocycles. The lowest BCUT2D eigenvalue weighted by Crippen LogP contribution is -2.56. The maximum Gasteiger partial charge on any atom is 0.322 e. The predicted molar refractivity (Wildman–Crippen MR) is 122 cm³/mol. The minimum absolute atomic E-state index is 0.0896. The minimum Gasteiger partial charge on any atom is -0.481 e. The van der Waals surface area contributed by atoms with Gasteiger partial charge in [0.25, 0.3) is 0 Å². The van der Waals surface area contributed by atoms with E-state index in [1.807, 2.05) is 0 Å². The Morgan fingerprint density at radius 1 is 0.794 bits per heavy atom. The summed E-state index contributed by atoms with van der Waals surface area (Å²) in [7, 11) is 0. The number of nitrogens with one attached hydrogen (secondary N) is 3. The van der Waals surface area contributed by atoms with E-state index in [-0.39, 0.29) is 38.2 Å². The Kier molecular flexibility index (Phi) is 15.3. The van der Waals surface area contributed by atoms with E-state index in [0.717, 1.165) is 0 Å². The fourth-order valence-corrected chi connectivity index (χ4v) is 2.78. The molecule has 0 aliphatic heterocycles. The van der Waals surface area contributed by atoms with E-state index in [1.165, 1.54) is 0 Å². The summed E-state index contributed by atoms with van der Waals surface area (Å²) in [6, 6.07) is -3.35. The van der Waals surface area contributed by atoms with Gasteiger partial charge in [0, 0.05) is 13.0 Å². The van der Waals surface area contributed by atoms with Crippen molar-refractivity contribution in [3.63, 3.8) is 0 Å². The highest BCUT2D eigenvalue weighted by molar-refractivity contribution is 5.93. The van der Waals surface area contributed by atoms with Crippen molar-refractivity contribution >= 4 is 35.6 Å². The zero-order valence-corrected chi connectivity index (χ0v) is 19.0. The number of guanidine groups is 1. The van der Waals surface area contributed by atoms with Gasteiger partial charge in [0.05, 0.1) is 6.04 Å². The van der Waals surface area contributed by atoms with Crippen LogP contribution >= 0.6 is 0 Å². The van der Waals surface area contributed by atoms with Crippen molar-refractivity contribution in [1.82, 2.24) is 16.0 Å². The Balaban J connectivity index is 5.35. The molecule has 0 bridgehead atoms. The molecule has 0 saturated carbocycles. The maximum atomic E-state index is 12.9. The van der Waals surface area contributed by atoms with E-state index >= 15 is 0 Å². The summed E-state index contributed by atoms with van der Waals surface area (Å²) in [6.45, 7) is -0.0829. The molecule has 0 heterocycles. The molecule has 0 aromatic carbocycles. The average molecular weight is 489 g/mol. The first-order chi connectivity index (χ1) is 16.0. The van der Waals surface area contributed by atoms with Crippen LogP contribution in [0.5, 0.6) is 0 Å². The number of carbonyl (C=O) groups is 5. The number of carbonyl (C=O) groups excluding carboxylic acids is 3. The third-order valence-electron chi connectivity index (χ3n) is 4.58. The van der Waals surface area contributed by atoms with Gasteiger partial charge >= 0.3 is 11.9 Å². The van der Waals surface area contributed by atoms with Crippen LogP contribution in [0, 0.1) is 0 Å². The Morgan fingerprint density at radius 3 is 1.94 bits per heavy atom. The third kappa shape index (κ3) is 14.6. The Hall–Kier alpha value is -3.46. The van der Waals surface area contributed by atoms with Crippen molar-refractivity contribution in [2.24, 2.45) is 27.9 Å². The van der Waals surface area contributed by atoms with Crippen LogP contribution < -0.4 is 38.9 Å². The highest BCUT2D eigenvalue weighted by Crippen LogP contribution is 2.05. The third-order valence-corrected chi connectivity index (χ3v) is 4.58. The van der Waals surface area contributed by atoms with Gasteiger partial charge in [0.1, 0.15) is 18.6 Å². The van der Waals surface area contributed by atoms with Crippen LogP contribution in [0.15, 0.2) is 4.99 Å². The molecule has 0 fully saturated rings. The van der Waals surface area contributed by atoms with Gasteiger partial charge in [-0.2, -0.15) is 0 Å². The highest BCUT2D eigenvalue weighted by Gasteiger charge is 2.28. The molecule has 0 aromatic rings. The number of rotatable bonds is 18. The molecule has 3 unspecified atom stereocenters. The zero-order valence-electron chi connectivity index (χ0n) is 19.0. The topological polar surface area (TPSA) is 278 Å². The monoisotopic (exact) mass is 488 g/mol. The number of nitrogens with zero attached hydrogens (tertiary/aromatic N) is 1. The molecule has 3 atom stereocenters. The SMILES string of the molecule is NCCCCC(NC(=O)C(CCCN=C(N)N)NC(=O)C(N)CCC(=O)O)C(=O)NCC(=O)O. The molecule has 0 rings (SSSR count). The quantitative estimate of drug-likeness (QED) is 0.0519. The molecule has 13 N–H and O–H groups in total. The molecule has 34 heavy (non-hydrogen) atoms. The summed E-state index contributed by atoms with van der Waals surface area (Å²) < 4.78 is 0. The first-order valence-corrected chi connectivity index (χ1v) is 10.8. The molecular formula is C19H36N8O7. The lowest BCUT2D eigenvalue weighted by molar-refractivity contribution is -0.139. The first kappa shape index (κ1) is 30.5. The van der Waals surface area contributed by atoms with E-state index < -0.39 is 54.3 Å². The van der Waals surface area contributed by atoms with Crippen molar-refractivity contribution in [2.75, 3.05) is 19.6 Å². The normalized spacial score (nSPS) is 13.1. The summed E-state index contributed by atoms with van der Waals surface area (Å²) in [5.74, 6) is -4.65. The second-order valence-electron chi connectivity index (χ2n) is 7.51. The Labute approximate surface area is 197 Å². The number of unbranched alkanes of at least 4 members (excludes halogenated alkanes) is 1. The van der Waals surface area contributed by atoms with Gasteiger partial charge in [-0.25, -0.2) is 0 Å². The van der Waals surface area contributed by atoms with Gasteiger partial charge in [0.15, 0.2) is 5.96 Å². The Bertz CT molecular complexity index is 727. The number of hydrogen-bond donors (Lipinski definition) is 9. The van der Waals surface area contributed by atoms with Gasteiger partial charge < -0.3 is 49.1 Å². The zero-order chi connectivity index (χ0) is 26.1. The second-order valence-corrected chi connectivity index (χ2v) is 7.51. The van der Waals surface area contributed by atoms with Crippen molar-refractivity contribution in [1.29, 1.82) is 0 Å². The van der Waals surface area contributed by atoms with Gasteiger partial charge in [-0.15, -0.1) is 0 Å². The van der Waals surface area contributed by atoms with Crippen molar-refractivity contribution in [3.8, 4) is 0 Å². The largest absolute Gasteiger partial charge is 0.481 e. The molecule has 3 amide bonds. The fourth-order valence-electron chi connectivity index (χ4n) is 2.78. The van der Waals surface area contributed by atoms with Crippen molar-refractivity contribution in [2.45, 2.75) is 63.1 Å². The number of aliphatic imine (C=N–C) groups is 1. The van der Waals surface area contributed by atoms with Crippen LogP contribution in [0.3, 0.4) is 0 Å². The van der Waals surface area contributed by atoms with Crippen LogP contribution in [-0.4, -0.2) is 83.6 Å². The lowest BCUT2D eigenvalue weighted by atomic mass is 10.1. The first-order valence-electron chi connectivity index (χ1n) is 10.8. The second kappa shape index (κ2) is 17.1. The van der Waals surface area contributed by atoms with Gasteiger partial charge in [-0.1, -0.05) is 0 Å². The number of nitrogens with two attached hydrogens (primary N) is 4. The molecular weight excluding hydrogens is 452 g/mol. The van der Waals surface area contributed by atoms with Crippen molar-refractivity contribution in [3.05, 3.63) is 0 Å². The predicted octanol–water partition coefficient (Wildman–Crippen LogP) is -3.47. The maximum absolute atomic E-state index is 12.9. The number of aliphatic carboxylic acids is 2. The van der Waals surface area contributed by atoms with E-state index in [9.17, 15) is 24.0 Å². The Morgan fingerprint density at radius 2 is 1.38 bits per heavy atom. The molecule has 15 nitrogen and oxygen atoms in total. The number of carboxylic acid groups (broad SMARTS) is 2. The standard InChI is InChI=1S/C19H36N8O7/c20-8-2-1-4-12(17(33)25-10-15(30)31)27-18(34)13(5-3-9-24-19(22)23)26-16(32)11(21)6-7-14(28)29/h11-13H,1-10,20-21H2,(H,25,33)(H,26,32)(H,27,34)(H,28,29)(H,30,31)(H4,22,23,24). The summed E-state index contributed by atoms with van der Waals surface area (Å²) in [5.41, 5.74) is 21.7. The number of carboxylic acids is 2. The number of hydrogen-bond acceptors (Lipinski definition) is 8. The molecule has 194 valence electrons. The highest BCUT2D eigenvalue weighted by atomic mass is 16.4.